The standard InChI is InChI=1S/C17H18N2O3S/c1-21-14-2-4-15(5-3-14)22-11-10-19-16(20)12-23-17(19)13-6-8-18-9-7-13/h2-9,17H,10-12H2,1H3. The van der Waals surface area contributed by atoms with E-state index in [0.29, 0.717) is 18.9 Å². The number of methoxy groups -OCH3 is 1. The molecule has 2 aromatic rings. The van der Waals surface area contributed by atoms with Gasteiger partial charge in [0.1, 0.15) is 23.5 Å². The Morgan fingerprint density at radius 1 is 1.17 bits per heavy atom. The fraction of sp³-hybridized carbons (Fsp3) is 0.294. The number of benzene rings is 1. The Labute approximate surface area is 139 Å². The smallest absolute Gasteiger partial charge is 0.233 e. The normalized spacial score (nSPS) is 17.3. The summed E-state index contributed by atoms with van der Waals surface area (Å²) in [6, 6.07) is 11.3. The topological polar surface area (TPSA) is 51.7 Å². The molecule has 0 radical (unpaired) electrons. The molecule has 0 aliphatic carbocycles. The molecule has 0 bridgehead atoms. The van der Waals surface area contributed by atoms with Crippen LogP contribution >= 0.6 is 11.8 Å². The van der Waals surface area contributed by atoms with Gasteiger partial charge in [-0.15, -0.1) is 11.8 Å². The van der Waals surface area contributed by atoms with E-state index in [1.54, 1.807) is 31.3 Å². The van der Waals surface area contributed by atoms with Gasteiger partial charge in [0.15, 0.2) is 0 Å². The molecule has 0 N–H and O–H groups in total. The Bertz CT molecular complexity index is 649. The van der Waals surface area contributed by atoms with Crippen molar-refractivity contribution in [2.45, 2.75) is 5.37 Å². The summed E-state index contributed by atoms with van der Waals surface area (Å²) in [5, 5.41) is 0.0463. The molecule has 1 aliphatic rings. The van der Waals surface area contributed by atoms with Crippen LogP contribution < -0.4 is 9.47 Å². The van der Waals surface area contributed by atoms with Crippen LogP contribution in [0.25, 0.3) is 0 Å². The predicted octanol–water partition coefficient (Wildman–Crippen LogP) is 2.74. The number of aromatic nitrogens is 1. The highest BCUT2D eigenvalue weighted by Crippen LogP contribution is 2.37. The molecule has 1 unspecified atom stereocenters. The van der Waals surface area contributed by atoms with Crippen molar-refractivity contribution in [1.82, 2.24) is 9.88 Å². The van der Waals surface area contributed by atoms with Crippen LogP contribution in [0.1, 0.15) is 10.9 Å². The summed E-state index contributed by atoms with van der Waals surface area (Å²) in [7, 11) is 1.63. The van der Waals surface area contributed by atoms with Crippen molar-refractivity contribution in [2.24, 2.45) is 0 Å². The molecule has 2 heterocycles. The molecule has 0 saturated carbocycles. The summed E-state index contributed by atoms with van der Waals surface area (Å²) < 4.78 is 10.8. The van der Waals surface area contributed by atoms with E-state index in [2.05, 4.69) is 4.98 Å². The molecule has 5 nitrogen and oxygen atoms in total. The van der Waals surface area contributed by atoms with E-state index < -0.39 is 0 Å². The van der Waals surface area contributed by atoms with Gasteiger partial charge in [0.2, 0.25) is 5.91 Å². The summed E-state index contributed by atoms with van der Waals surface area (Å²) in [4.78, 5) is 18.0. The quantitative estimate of drug-likeness (QED) is 0.815. The second kappa shape index (κ2) is 7.37. The molecular weight excluding hydrogens is 312 g/mol. The Morgan fingerprint density at radius 2 is 1.87 bits per heavy atom. The van der Waals surface area contributed by atoms with Crippen LogP contribution in [0.3, 0.4) is 0 Å². The third-order valence-corrected chi connectivity index (χ3v) is 4.88. The van der Waals surface area contributed by atoms with Gasteiger partial charge in [-0.05, 0) is 42.0 Å². The van der Waals surface area contributed by atoms with Crippen molar-refractivity contribution in [3.8, 4) is 11.5 Å². The van der Waals surface area contributed by atoms with E-state index in [4.69, 9.17) is 9.47 Å². The predicted molar refractivity (Wildman–Crippen MR) is 89.6 cm³/mol. The third-order valence-electron chi connectivity index (χ3n) is 3.62. The maximum Gasteiger partial charge on any atom is 0.233 e. The summed E-state index contributed by atoms with van der Waals surface area (Å²) in [5.41, 5.74) is 1.10. The molecule has 0 spiro atoms. The summed E-state index contributed by atoms with van der Waals surface area (Å²) in [6.07, 6.45) is 3.51. The van der Waals surface area contributed by atoms with Gasteiger partial charge in [0.05, 0.1) is 19.4 Å². The number of nitrogens with zero attached hydrogens (tertiary/aromatic N) is 2. The number of ether oxygens (including phenoxy) is 2. The molecular formula is C17H18N2O3S. The van der Waals surface area contributed by atoms with Crippen LogP contribution in [0.15, 0.2) is 48.8 Å². The van der Waals surface area contributed by atoms with Crippen LogP contribution in [-0.4, -0.2) is 41.8 Å². The van der Waals surface area contributed by atoms with Gasteiger partial charge in [-0.1, -0.05) is 0 Å². The lowest BCUT2D eigenvalue weighted by Gasteiger charge is -2.24. The molecule has 1 saturated heterocycles. The van der Waals surface area contributed by atoms with E-state index >= 15 is 0 Å². The minimum Gasteiger partial charge on any atom is -0.497 e. The first-order chi connectivity index (χ1) is 11.3. The van der Waals surface area contributed by atoms with Crippen molar-refractivity contribution < 1.29 is 14.3 Å². The van der Waals surface area contributed by atoms with Crippen molar-refractivity contribution in [2.75, 3.05) is 26.0 Å². The third kappa shape index (κ3) is 3.76. The first kappa shape index (κ1) is 15.7. The number of amides is 1. The number of carbonyl (C=O) groups is 1. The van der Waals surface area contributed by atoms with E-state index in [1.807, 2.05) is 41.3 Å². The molecule has 1 aliphatic heterocycles. The van der Waals surface area contributed by atoms with Crippen LogP contribution in [0.5, 0.6) is 11.5 Å². The molecule has 1 amide bonds. The SMILES string of the molecule is COc1ccc(OCCN2C(=O)CSC2c2ccncc2)cc1. The Balaban J connectivity index is 1.58. The van der Waals surface area contributed by atoms with E-state index in [1.165, 1.54) is 0 Å². The Morgan fingerprint density at radius 3 is 2.57 bits per heavy atom. The zero-order valence-electron chi connectivity index (χ0n) is 12.8. The summed E-state index contributed by atoms with van der Waals surface area (Å²) in [5.74, 6) is 2.22. The largest absolute Gasteiger partial charge is 0.497 e. The molecule has 6 heteroatoms. The zero-order valence-corrected chi connectivity index (χ0v) is 13.7. The van der Waals surface area contributed by atoms with Gasteiger partial charge in [-0.25, -0.2) is 0 Å². The average molecular weight is 330 g/mol. The van der Waals surface area contributed by atoms with Crippen molar-refractivity contribution >= 4 is 17.7 Å². The van der Waals surface area contributed by atoms with E-state index in [0.717, 1.165) is 17.1 Å². The minimum atomic E-state index is 0.0463. The summed E-state index contributed by atoms with van der Waals surface area (Å²) in [6.45, 7) is 1.02. The van der Waals surface area contributed by atoms with Crippen molar-refractivity contribution in [3.63, 3.8) is 0 Å². The average Bonchev–Trinajstić information content (AvgIpc) is 2.97. The van der Waals surface area contributed by atoms with Gasteiger partial charge in [0.25, 0.3) is 0 Å². The highest BCUT2D eigenvalue weighted by molar-refractivity contribution is 8.00. The van der Waals surface area contributed by atoms with E-state index in [-0.39, 0.29) is 11.3 Å². The van der Waals surface area contributed by atoms with Crippen LogP contribution in [0, 0.1) is 0 Å². The lowest BCUT2D eigenvalue weighted by Crippen LogP contribution is -2.32. The number of hydrogen-bond donors (Lipinski definition) is 0. The van der Waals surface area contributed by atoms with Gasteiger partial charge in [0, 0.05) is 12.4 Å². The maximum atomic E-state index is 12.1. The Kier molecular flexibility index (Phi) is 5.02. The molecule has 1 aromatic carbocycles. The zero-order chi connectivity index (χ0) is 16.1. The molecule has 1 fully saturated rings. The lowest BCUT2D eigenvalue weighted by molar-refractivity contribution is -0.128. The number of pyridine rings is 1. The van der Waals surface area contributed by atoms with Gasteiger partial charge >= 0.3 is 0 Å². The van der Waals surface area contributed by atoms with Gasteiger partial charge < -0.3 is 14.4 Å². The molecule has 1 atom stereocenters. The molecule has 120 valence electrons. The van der Waals surface area contributed by atoms with Crippen LogP contribution in [0.2, 0.25) is 0 Å². The fourth-order valence-electron chi connectivity index (χ4n) is 2.43. The van der Waals surface area contributed by atoms with Crippen molar-refractivity contribution in [1.29, 1.82) is 0 Å². The second-order valence-electron chi connectivity index (χ2n) is 5.06. The fourth-order valence-corrected chi connectivity index (χ4v) is 3.65. The molecule has 1 aromatic heterocycles. The lowest BCUT2D eigenvalue weighted by atomic mass is 10.2. The number of rotatable bonds is 6. The minimum absolute atomic E-state index is 0.0463. The van der Waals surface area contributed by atoms with E-state index in [9.17, 15) is 4.79 Å². The monoisotopic (exact) mass is 330 g/mol. The second-order valence-corrected chi connectivity index (χ2v) is 6.12. The number of thioether (sulfide) groups is 1. The Hall–Kier alpha value is -2.21. The van der Waals surface area contributed by atoms with Crippen LogP contribution in [-0.2, 0) is 4.79 Å². The number of carbonyl (C=O) groups excluding carboxylic acids is 1. The first-order valence-corrected chi connectivity index (χ1v) is 8.40. The summed E-state index contributed by atoms with van der Waals surface area (Å²) >= 11 is 1.64. The first-order valence-electron chi connectivity index (χ1n) is 7.36. The van der Waals surface area contributed by atoms with Crippen molar-refractivity contribution in [3.05, 3.63) is 54.4 Å². The maximum absolute atomic E-state index is 12.1. The molecule has 3 rings (SSSR count). The van der Waals surface area contributed by atoms with Crippen LogP contribution in [0.4, 0.5) is 0 Å². The van der Waals surface area contributed by atoms with Gasteiger partial charge in [-0.2, -0.15) is 0 Å². The highest BCUT2D eigenvalue weighted by Gasteiger charge is 2.32. The number of hydrogen-bond acceptors (Lipinski definition) is 5. The van der Waals surface area contributed by atoms with Gasteiger partial charge in [-0.3, -0.25) is 9.78 Å². The highest BCUT2D eigenvalue weighted by atomic mass is 32.2. The molecule has 23 heavy (non-hydrogen) atoms.